The predicted molar refractivity (Wildman–Crippen MR) is 94.6 cm³/mol. The van der Waals surface area contributed by atoms with Crippen LogP contribution in [0.4, 0.5) is 0 Å². The van der Waals surface area contributed by atoms with Gasteiger partial charge in [0.25, 0.3) is 0 Å². The molecular formula is C19H15ClN2O4. The lowest BCUT2D eigenvalue weighted by atomic mass is 10.1. The molecule has 0 aliphatic carbocycles. The minimum Gasteiger partial charge on any atom is -0.496 e. The zero-order valence-electron chi connectivity index (χ0n) is 14.2. The van der Waals surface area contributed by atoms with E-state index in [4.69, 9.17) is 25.5 Å². The average molecular weight is 371 g/mol. The van der Waals surface area contributed by atoms with E-state index in [2.05, 4.69) is 0 Å². The van der Waals surface area contributed by atoms with Gasteiger partial charge in [-0.25, -0.2) is 4.79 Å². The van der Waals surface area contributed by atoms with Crippen LogP contribution >= 0.6 is 11.6 Å². The van der Waals surface area contributed by atoms with E-state index in [0.717, 1.165) is 0 Å². The zero-order valence-corrected chi connectivity index (χ0v) is 14.9. The van der Waals surface area contributed by atoms with Gasteiger partial charge in [0.05, 0.1) is 7.11 Å². The maximum Gasteiger partial charge on any atom is 0.343 e. The predicted octanol–water partition coefficient (Wildman–Crippen LogP) is 4.27. The quantitative estimate of drug-likeness (QED) is 0.627. The first-order valence-corrected chi connectivity index (χ1v) is 8.09. The van der Waals surface area contributed by atoms with Gasteiger partial charge in [-0.3, -0.25) is 4.57 Å². The van der Waals surface area contributed by atoms with Crippen molar-refractivity contribution in [3.63, 3.8) is 0 Å². The molecule has 0 saturated heterocycles. The van der Waals surface area contributed by atoms with Gasteiger partial charge >= 0.3 is 5.97 Å². The molecule has 0 N–H and O–H groups in total. The first-order valence-electron chi connectivity index (χ1n) is 7.71. The van der Waals surface area contributed by atoms with Crippen molar-refractivity contribution in [2.75, 3.05) is 7.11 Å². The van der Waals surface area contributed by atoms with Crippen LogP contribution in [-0.4, -0.2) is 17.6 Å². The number of methoxy groups -OCH3 is 1. The third-order valence-corrected chi connectivity index (χ3v) is 4.06. The molecule has 0 unspecified atom stereocenters. The monoisotopic (exact) mass is 370 g/mol. The maximum atomic E-state index is 12.6. The molecule has 6 nitrogen and oxygen atoms in total. The molecule has 0 aliphatic heterocycles. The lowest BCUT2D eigenvalue weighted by molar-refractivity contribution is 0.0468. The van der Waals surface area contributed by atoms with E-state index < -0.39 is 5.97 Å². The number of carbonyl (C=O) groups excluding carboxylic acids is 1. The summed E-state index contributed by atoms with van der Waals surface area (Å²) < 4.78 is 17.8. The highest BCUT2D eigenvalue weighted by molar-refractivity contribution is 6.30. The lowest BCUT2D eigenvalue weighted by Crippen LogP contribution is -2.08. The highest BCUT2D eigenvalue weighted by Gasteiger charge is 2.26. The van der Waals surface area contributed by atoms with Gasteiger partial charge in [-0.1, -0.05) is 11.6 Å². The van der Waals surface area contributed by atoms with Crippen molar-refractivity contribution in [3.8, 4) is 17.7 Å². The molecule has 26 heavy (non-hydrogen) atoms. The first-order chi connectivity index (χ1) is 12.5. The molecule has 2 heterocycles. The Balaban J connectivity index is 1.87. The fraction of sp³-hybridized carbons (Fsp3) is 0.158. The molecule has 0 fully saturated rings. The highest BCUT2D eigenvalue weighted by Crippen LogP contribution is 2.28. The van der Waals surface area contributed by atoms with Crippen molar-refractivity contribution in [1.29, 1.82) is 5.26 Å². The molecule has 0 bridgehead atoms. The Morgan fingerprint density at radius 3 is 2.73 bits per heavy atom. The topological polar surface area (TPSA) is 77.4 Å². The molecule has 0 spiro atoms. The van der Waals surface area contributed by atoms with Crippen LogP contribution in [0.15, 0.2) is 47.1 Å². The van der Waals surface area contributed by atoms with E-state index in [0.29, 0.717) is 22.1 Å². The summed E-state index contributed by atoms with van der Waals surface area (Å²) in [5.74, 6) is 0.499. The van der Waals surface area contributed by atoms with E-state index in [1.165, 1.54) is 7.11 Å². The number of nitriles is 1. The molecule has 132 valence electrons. The molecule has 0 amide bonds. The largest absolute Gasteiger partial charge is 0.496 e. The van der Waals surface area contributed by atoms with Gasteiger partial charge in [0.15, 0.2) is 0 Å². The molecule has 0 aliphatic rings. The number of hydrogen-bond acceptors (Lipinski definition) is 5. The smallest absolute Gasteiger partial charge is 0.343 e. The second-order valence-electron chi connectivity index (χ2n) is 5.45. The molecule has 1 aromatic carbocycles. The number of esters is 1. The van der Waals surface area contributed by atoms with Crippen LogP contribution in [0.5, 0.6) is 5.75 Å². The minimum atomic E-state index is -0.650. The molecular weight excluding hydrogens is 356 g/mol. The van der Waals surface area contributed by atoms with Gasteiger partial charge < -0.3 is 13.9 Å². The van der Waals surface area contributed by atoms with Crippen molar-refractivity contribution in [2.24, 2.45) is 0 Å². The average Bonchev–Trinajstić information content (AvgIpc) is 3.27. The normalized spacial score (nSPS) is 10.4. The van der Waals surface area contributed by atoms with Crippen LogP contribution in [0.25, 0.3) is 5.88 Å². The summed E-state index contributed by atoms with van der Waals surface area (Å²) in [5.41, 5.74) is 0.859. The Bertz CT molecular complexity index is 984. The number of furan rings is 1. The summed E-state index contributed by atoms with van der Waals surface area (Å²) in [6.07, 6.45) is 3.45. The zero-order chi connectivity index (χ0) is 18.7. The summed E-state index contributed by atoms with van der Waals surface area (Å²) in [6, 6.07) is 10.6. The van der Waals surface area contributed by atoms with Crippen LogP contribution in [0, 0.1) is 18.3 Å². The van der Waals surface area contributed by atoms with Crippen LogP contribution in [-0.2, 0) is 11.3 Å². The number of benzene rings is 1. The summed E-state index contributed by atoms with van der Waals surface area (Å²) in [7, 11) is 1.52. The molecule has 0 radical (unpaired) electrons. The lowest BCUT2D eigenvalue weighted by Gasteiger charge is -2.09. The SMILES string of the molecule is COc1ccc(Cl)cc1COC(=O)c1c(C)oc(-n2cccc2)c1C#N. The number of hydrogen-bond donors (Lipinski definition) is 0. The van der Waals surface area contributed by atoms with E-state index in [9.17, 15) is 10.1 Å². The number of aryl methyl sites for hydroxylation is 1. The number of halogens is 1. The second-order valence-corrected chi connectivity index (χ2v) is 5.88. The number of aromatic nitrogens is 1. The molecule has 0 atom stereocenters. The van der Waals surface area contributed by atoms with Crippen molar-refractivity contribution in [3.05, 3.63) is 70.2 Å². The Morgan fingerprint density at radius 2 is 2.08 bits per heavy atom. The maximum absolute atomic E-state index is 12.6. The summed E-state index contributed by atoms with van der Waals surface area (Å²) in [5, 5.41) is 10.00. The van der Waals surface area contributed by atoms with Gasteiger partial charge in [0.2, 0.25) is 5.88 Å². The molecule has 7 heteroatoms. The fourth-order valence-electron chi connectivity index (χ4n) is 2.61. The molecule has 0 saturated carbocycles. The van der Waals surface area contributed by atoms with Crippen molar-refractivity contribution >= 4 is 17.6 Å². The Kier molecular flexibility index (Phi) is 5.01. The summed E-state index contributed by atoms with van der Waals surface area (Å²) in [6.45, 7) is 1.57. The van der Waals surface area contributed by atoms with Gasteiger partial charge in [-0.15, -0.1) is 0 Å². The molecule has 3 aromatic rings. The van der Waals surface area contributed by atoms with Crippen LogP contribution in [0.2, 0.25) is 5.02 Å². The number of rotatable bonds is 5. The van der Waals surface area contributed by atoms with Crippen LogP contribution in [0.3, 0.4) is 0 Å². The highest BCUT2D eigenvalue weighted by atomic mass is 35.5. The van der Waals surface area contributed by atoms with E-state index in [1.807, 2.05) is 6.07 Å². The Morgan fingerprint density at radius 1 is 1.35 bits per heavy atom. The summed E-state index contributed by atoms with van der Waals surface area (Å²) in [4.78, 5) is 12.6. The second kappa shape index (κ2) is 7.38. The van der Waals surface area contributed by atoms with E-state index in [1.54, 1.807) is 54.2 Å². The van der Waals surface area contributed by atoms with Crippen LogP contribution in [0.1, 0.15) is 27.2 Å². The molecule has 2 aromatic heterocycles. The Labute approximate surface area is 155 Å². The van der Waals surface area contributed by atoms with Gasteiger partial charge in [-0.2, -0.15) is 5.26 Å². The van der Waals surface area contributed by atoms with Gasteiger partial charge in [0, 0.05) is 23.0 Å². The molecule has 3 rings (SSSR count). The number of nitrogens with zero attached hydrogens (tertiary/aromatic N) is 2. The van der Waals surface area contributed by atoms with Gasteiger partial charge in [0.1, 0.15) is 35.3 Å². The Hall–Kier alpha value is -3.17. The number of ether oxygens (including phenoxy) is 2. The summed E-state index contributed by atoms with van der Waals surface area (Å²) >= 11 is 5.98. The number of carbonyl (C=O) groups is 1. The fourth-order valence-corrected chi connectivity index (χ4v) is 2.80. The van der Waals surface area contributed by atoms with E-state index >= 15 is 0 Å². The third kappa shape index (κ3) is 3.30. The van der Waals surface area contributed by atoms with Crippen molar-refractivity contribution in [1.82, 2.24) is 4.57 Å². The van der Waals surface area contributed by atoms with Crippen LogP contribution < -0.4 is 4.74 Å². The third-order valence-electron chi connectivity index (χ3n) is 3.82. The van der Waals surface area contributed by atoms with E-state index in [-0.39, 0.29) is 23.6 Å². The standard InChI is InChI=1S/C19H15ClN2O4/c1-12-17(15(10-21)18(26-12)22-7-3-4-8-22)19(23)25-11-13-9-14(20)5-6-16(13)24-2/h3-9H,11H2,1-2H3. The minimum absolute atomic E-state index is 0.0447. The first kappa shape index (κ1) is 17.6. The van der Waals surface area contributed by atoms with Gasteiger partial charge in [-0.05, 0) is 37.3 Å². The van der Waals surface area contributed by atoms with Crippen molar-refractivity contribution < 1.29 is 18.7 Å². The van der Waals surface area contributed by atoms with Crippen molar-refractivity contribution in [2.45, 2.75) is 13.5 Å².